The fraction of sp³-hybridized carbons (Fsp3) is 1.00. The van der Waals surface area contributed by atoms with Gasteiger partial charge in [0.15, 0.2) is 9.84 Å². The number of nitrogens with one attached hydrogen (secondary N) is 1. The van der Waals surface area contributed by atoms with Crippen molar-refractivity contribution in [3.63, 3.8) is 0 Å². The van der Waals surface area contributed by atoms with Crippen LogP contribution >= 0.6 is 0 Å². The summed E-state index contributed by atoms with van der Waals surface area (Å²) in [5.41, 5.74) is 0. The minimum absolute atomic E-state index is 0.317. The zero-order chi connectivity index (χ0) is 13.4. The van der Waals surface area contributed by atoms with E-state index in [9.17, 15) is 8.42 Å². The van der Waals surface area contributed by atoms with Crippen molar-refractivity contribution in [2.75, 3.05) is 37.7 Å². The van der Waals surface area contributed by atoms with Gasteiger partial charge in [-0.25, -0.2) is 8.42 Å². The van der Waals surface area contributed by atoms with E-state index in [1.807, 2.05) is 6.92 Å². The molecule has 1 atom stereocenters. The molecular formula is C13H28N2O2S. The van der Waals surface area contributed by atoms with Crippen molar-refractivity contribution < 1.29 is 8.42 Å². The van der Waals surface area contributed by atoms with Crippen molar-refractivity contribution in [1.29, 1.82) is 0 Å². The highest BCUT2D eigenvalue weighted by atomic mass is 32.2. The number of hydrogen-bond donors (Lipinski definition) is 1. The van der Waals surface area contributed by atoms with Crippen LogP contribution in [0.5, 0.6) is 0 Å². The van der Waals surface area contributed by atoms with Gasteiger partial charge in [-0.15, -0.1) is 0 Å². The van der Waals surface area contributed by atoms with Gasteiger partial charge in [0.1, 0.15) is 0 Å². The third-order valence-electron chi connectivity index (χ3n) is 3.50. The maximum atomic E-state index is 11.8. The second-order valence-corrected chi connectivity index (χ2v) is 7.49. The van der Waals surface area contributed by atoms with Crippen molar-refractivity contribution in [1.82, 2.24) is 10.2 Å². The molecular weight excluding hydrogens is 248 g/mol. The highest BCUT2D eigenvalue weighted by Gasteiger charge is 2.21. The Kier molecular flexibility index (Phi) is 7.19. The Bertz CT molecular complexity index is 311. The number of nitrogens with zero attached hydrogens (tertiary/aromatic N) is 1. The lowest BCUT2D eigenvalue weighted by Crippen LogP contribution is -2.47. The van der Waals surface area contributed by atoms with Crippen LogP contribution < -0.4 is 5.32 Å². The van der Waals surface area contributed by atoms with Gasteiger partial charge in [0.2, 0.25) is 0 Å². The van der Waals surface area contributed by atoms with Gasteiger partial charge in [-0.2, -0.15) is 0 Å². The van der Waals surface area contributed by atoms with Crippen molar-refractivity contribution >= 4 is 9.84 Å². The average Bonchev–Trinajstić information content (AvgIpc) is 2.35. The molecule has 108 valence electrons. The molecule has 0 radical (unpaired) electrons. The summed E-state index contributed by atoms with van der Waals surface area (Å²) < 4.78 is 23.6. The van der Waals surface area contributed by atoms with Gasteiger partial charge < -0.3 is 5.32 Å². The molecule has 0 spiro atoms. The smallest absolute Gasteiger partial charge is 0.151 e. The lowest BCUT2D eigenvalue weighted by molar-refractivity contribution is 0.175. The molecule has 0 aromatic rings. The van der Waals surface area contributed by atoms with Crippen LogP contribution in [0.1, 0.15) is 39.5 Å². The monoisotopic (exact) mass is 276 g/mol. The third-order valence-corrected chi connectivity index (χ3v) is 5.34. The predicted octanol–water partition coefficient (Wildman–Crippen LogP) is 1.28. The number of piperidine rings is 1. The maximum absolute atomic E-state index is 11.8. The molecule has 0 bridgehead atoms. The molecule has 0 aromatic carbocycles. The van der Waals surface area contributed by atoms with Crippen molar-refractivity contribution in [3.8, 4) is 0 Å². The van der Waals surface area contributed by atoms with Gasteiger partial charge in [-0.1, -0.05) is 13.8 Å². The summed E-state index contributed by atoms with van der Waals surface area (Å²) in [5, 5.41) is 3.40. The van der Waals surface area contributed by atoms with Crippen LogP contribution in [0.25, 0.3) is 0 Å². The molecule has 1 aliphatic heterocycles. The quantitative estimate of drug-likeness (QED) is 0.725. The molecule has 1 heterocycles. The fourth-order valence-electron chi connectivity index (χ4n) is 2.58. The first-order valence-electron chi connectivity index (χ1n) is 7.24. The molecule has 1 rings (SSSR count). The lowest BCUT2D eigenvalue weighted by atomic mass is 10.1. The second kappa shape index (κ2) is 8.12. The van der Waals surface area contributed by atoms with Crippen LogP contribution in [-0.4, -0.2) is 57.0 Å². The maximum Gasteiger partial charge on any atom is 0.151 e. The van der Waals surface area contributed by atoms with Crippen molar-refractivity contribution in [3.05, 3.63) is 0 Å². The first kappa shape index (κ1) is 15.9. The van der Waals surface area contributed by atoms with Crippen molar-refractivity contribution in [2.24, 2.45) is 0 Å². The summed E-state index contributed by atoms with van der Waals surface area (Å²) >= 11 is 0. The molecule has 1 fully saturated rings. The molecule has 4 nitrogen and oxygen atoms in total. The normalized spacial score (nSPS) is 21.4. The van der Waals surface area contributed by atoms with Crippen LogP contribution in [-0.2, 0) is 9.84 Å². The standard InChI is InChI=1S/C13H28N2O2S/c1-3-8-15(13-6-5-7-14-12-13)9-11-18(16,17)10-4-2/h13-14H,3-12H2,1-2H3. The minimum atomic E-state index is -2.85. The first-order valence-corrected chi connectivity index (χ1v) is 9.06. The van der Waals surface area contributed by atoms with Crippen LogP contribution in [0.3, 0.4) is 0 Å². The van der Waals surface area contributed by atoms with E-state index in [2.05, 4.69) is 17.1 Å². The zero-order valence-electron chi connectivity index (χ0n) is 11.8. The predicted molar refractivity (Wildman–Crippen MR) is 76.7 cm³/mol. The summed E-state index contributed by atoms with van der Waals surface area (Å²) in [7, 11) is -2.85. The highest BCUT2D eigenvalue weighted by Crippen LogP contribution is 2.11. The van der Waals surface area contributed by atoms with Gasteiger partial charge in [0.25, 0.3) is 0 Å². The van der Waals surface area contributed by atoms with Crippen LogP contribution in [0.2, 0.25) is 0 Å². The molecule has 1 N–H and O–H groups in total. The number of sulfone groups is 1. The molecule has 0 saturated carbocycles. The lowest BCUT2D eigenvalue weighted by Gasteiger charge is -2.34. The van der Waals surface area contributed by atoms with Gasteiger partial charge in [0.05, 0.1) is 5.75 Å². The van der Waals surface area contributed by atoms with Gasteiger partial charge in [-0.3, -0.25) is 4.90 Å². The summed E-state index contributed by atoms with van der Waals surface area (Å²) in [4.78, 5) is 2.36. The summed E-state index contributed by atoms with van der Waals surface area (Å²) in [6.07, 6.45) is 4.21. The van der Waals surface area contributed by atoms with Gasteiger partial charge in [0, 0.05) is 24.9 Å². The summed E-state index contributed by atoms with van der Waals surface area (Å²) in [6, 6.07) is 0.524. The number of rotatable bonds is 8. The Balaban J connectivity index is 2.46. The minimum Gasteiger partial charge on any atom is -0.315 e. The SMILES string of the molecule is CCCN(CCS(=O)(=O)CCC)C1CCCNC1. The molecule has 1 saturated heterocycles. The molecule has 0 amide bonds. The van der Waals surface area contributed by atoms with E-state index >= 15 is 0 Å². The molecule has 1 unspecified atom stereocenters. The molecule has 0 aromatic heterocycles. The Morgan fingerprint density at radius 3 is 2.50 bits per heavy atom. The van der Waals surface area contributed by atoms with E-state index in [0.717, 1.165) is 32.5 Å². The first-order chi connectivity index (χ1) is 8.59. The average molecular weight is 276 g/mol. The Labute approximate surface area is 112 Å². The highest BCUT2D eigenvalue weighted by molar-refractivity contribution is 7.91. The van der Waals surface area contributed by atoms with Crippen LogP contribution in [0.15, 0.2) is 0 Å². The van der Waals surface area contributed by atoms with E-state index in [1.54, 1.807) is 0 Å². The van der Waals surface area contributed by atoms with Gasteiger partial charge in [-0.05, 0) is 38.8 Å². The van der Waals surface area contributed by atoms with E-state index in [1.165, 1.54) is 12.8 Å². The van der Waals surface area contributed by atoms with Crippen LogP contribution in [0.4, 0.5) is 0 Å². The fourth-order valence-corrected chi connectivity index (χ4v) is 3.92. The Hall–Kier alpha value is -0.130. The van der Waals surface area contributed by atoms with Gasteiger partial charge >= 0.3 is 0 Å². The molecule has 5 heteroatoms. The second-order valence-electron chi connectivity index (χ2n) is 5.19. The summed E-state index contributed by atoms with van der Waals surface area (Å²) in [6.45, 7) is 7.89. The van der Waals surface area contributed by atoms with Crippen LogP contribution in [0, 0.1) is 0 Å². The zero-order valence-corrected chi connectivity index (χ0v) is 12.6. The Morgan fingerprint density at radius 2 is 1.94 bits per heavy atom. The van der Waals surface area contributed by atoms with E-state index in [0.29, 0.717) is 24.1 Å². The Morgan fingerprint density at radius 1 is 1.17 bits per heavy atom. The van der Waals surface area contributed by atoms with E-state index in [4.69, 9.17) is 0 Å². The molecule has 1 aliphatic rings. The number of hydrogen-bond acceptors (Lipinski definition) is 4. The van der Waals surface area contributed by atoms with Crippen molar-refractivity contribution in [2.45, 2.75) is 45.6 Å². The molecule has 0 aliphatic carbocycles. The molecule has 18 heavy (non-hydrogen) atoms. The third kappa shape index (κ3) is 5.67. The largest absolute Gasteiger partial charge is 0.315 e. The summed E-state index contributed by atoms with van der Waals surface area (Å²) in [5.74, 6) is 0.646. The van der Waals surface area contributed by atoms with E-state index < -0.39 is 9.84 Å². The van der Waals surface area contributed by atoms with E-state index in [-0.39, 0.29) is 0 Å². The topological polar surface area (TPSA) is 49.4 Å².